The number of hydrogen-bond donors (Lipinski definition) is 2. The average molecular weight is 174 g/mol. The number of nitrogens with one attached hydrogen (secondary N) is 2. The van der Waals surface area contributed by atoms with E-state index in [2.05, 4.69) is 6.92 Å². The monoisotopic (exact) mass is 174 g/mol. The van der Waals surface area contributed by atoms with E-state index in [1.165, 1.54) is 0 Å². The van der Waals surface area contributed by atoms with Crippen molar-refractivity contribution in [3.8, 4) is 0 Å². The Balaban J connectivity index is -0.000000168. The molecule has 0 fully saturated rings. The zero-order valence-corrected chi connectivity index (χ0v) is 7.22. The van der Waals surface area contributed by atoms with Crippen LogP contribution in [0.2, 0.25) is 0 Å². The lowest BCUT2D eigenvalue weighted by Crippen LogP contribution is -1.81. The van der Waals surface area contributed by atoms with Gasteiger partial charge in [-0.2, -0.15) is 0 Å². The molecule has 0 aromatic rings. The molecular weight excluding hydrogens is 156 g/mol. The fourth-order valence-electron chi connectivity index (χ4n) is 0.348. The molecule has 0 saturated heterocycles. The van der Waals surface area contributed by atoms with Gasteiger partial charge in [-0.05, 0) is 5.92 Å². The van der Waals surface area contributed by atoms with Crippen LogP contribution in [0.4, 0.5) is 0 Å². The second-order valence-corrected chi connectivity index (χ2v) is 1.95. The average Bonchev–Trinajstić information content (AvgIpc) is 2.16. The maximum atomic E-state index is 8.35. The Bertz CT molecular complexity index is 153. The highest BCUT2D eigenvalue weighted by Gasteiger charge is 1.85. The van der Waals surface area contributed by atoms with Crippen LogP contribution in [-0.2, 0) is 9.59 Å². The van der Waals surface area contributed by atoms with Gasteiger partial charge in [0.2, 0.25) is 12.2 Å². The Hall–Kier alpha value is -1.24. The Labute approximate surface area is 75.8 Å². The predicted octanol–water partition coefficient (Wildman–Crippen LogP) is 2.24. The van der Waals surface area contributed by atoms with E-state index in [-0.39, 0.29) is 0 Å². The molecule has 4 heteroatoms. The standard InChI is InChI=1S/C6H14.2CHNO/c1-4-5-6(2)3;2*2-1-3/h6H,4-5H2,1-3H3;2*2H/i1D,2D;;. The summed E-state index contributed by atoms with van der Waals surface area (Å²) >= 11 is 0. The molecule has 0 aliphatic heterocycles. The summed E-state index contributed by atoms with van der Waals surface area (Å²) in [4.78, 5) is 16.7. The minimum absolute atomic E-state index is 0.500. The lowest BCUT2D eigenvalue weighted by Gasteiger charge is -1.95. The quantitative estimate of drug-likeness (QED) is 0.497. The molecule has 0 aliphatic carbocycles. The predicted molar refractivity (Wildman–Crippen MR) is 46.6 cm³/mol. The van der Waals surface area contributed by atoms with E-state index >= 15 is 0 Å². The van der Waals surface area contributed by atoms with Crippen LogP contribution in [0.15, 0.2) is 0 Å². The molecule has 0 aromatic carbocycles. The van der Waals surface area contributed by atoms with Crippen molar-refractivity contribution in [1.29, 1.82) is 10.8 Å². The van der Waals surface area contributed by atoms with Crippen LogP contribution in [0.25, 0.3) is 0 Å². The molecule has 4 nitrogen and oxygen atoms in total. The fraction of sp³-hybridized carbons (Fsp3) is 0.750. The van der Waals surface area contributed by atoms with Crippen molar-refractivity contribution in [2.24, 2.45) is 5.92 Å². The minimum Gasteiger partial charge on any atom is -0.222 e. The lowest BCUT2D eigenvalue weighted by atomic mass is 10.1. The van der Waals surface area contributed by atoms with Crippen molar-refractivity contribution >= 4 is 12.2 Å². The zero-order valence-electron chi connectivity index (χ0n) is 9.22. The summed E-state index contributed by atoms with van der Waals surface area (Å²) in [6.07, 6.45) is 3.51. The molecule has 0 aromatic heterocycles. The third-order valence-electron chi connectivity index (χ3n) is 0.697. The summed E-state index contributed by atoms with van der Waals surface area (Å²) in [6, 6.07) is 0. The molecular formula is C8H16N2O2. The van der Waals surface area contributed by atoms with E-state index in [1.54, 1.807) is 0 Å². The largest absolute Gasteiger partial charge is 0.231 e. The highest BCUT2D eigenvalue weighted by Crippen LogP contribution is 2.00. The topological polar surface area (TPSA) is 81.8 Å². The SMILES string of the molecule is N=C=O.N=C=O.[2H]CCCC(C)C[2H]. The van der Waals surface area contributed by atoms with E-state index in [0.29, 0.717) is 19.7 Å². The van der Waals surface area contributed by atoms with Gasteiger partial charge in [0.25, 0.3) is 0 Å². The van der Waals surface area contributed by atoms with E-state index in [4.69, 9.17) is 23.1 Å². The molecule has 0 bridgehead atoms. The van der Waals surface area contributed by atoms with Crippen molar-refractivity contribution in [2.45, 2.75) is 33.6 Å². The first-order valence-corrected chi connectivity index (χ1v) is 3.30. The molecule has 12 heavy (non-hydrogen) atoms. The Morgan fingerprint density at radius 3 is 2.08 bits per heavy atom. The number of carbonyl (C=O) groups excluding carboxylic acids is 2. The van der Waals surface area contributed by atoms with Crippen molar-refractivity contribution in [3.05, 3.63) is 0 Å². The van der Waals surface area contributed by atoms with Crippen molar-refractivity contribution in [3.63, 3.8) is 0 Å². The molecule has 70 valence electrons. The normalized spacial score (nSPS) is 10.8. The van der Waals surface area contributed by atoms with E-state index in [1.807, 2.05) is 0 Å². The maximum absolute atomic E-state index is 8.35. The molecule has 2 N–H and O–H groups in total. The van der Waals surface area contributed by atoms with Gasteiger partial charge in [0, 0.05) is 2.74 Å². The van der Waals surface area contributed by atoms with Crippen molar-refractivity contribution in [1.82, 2.24) is 0 Å². The third kappa shape index (κ3) is 170. The summed E-state index contributed by atoms with van der Waals surface area (Å²) in [6.45, 7) is 3.09. The van der Waals surface area contributed by atoms with Gasteiger partial charge in [-0.3, -0.25) is 0 Å². The first kappa shape index (κ1) is 10.8. The molecule has 0 aliphatic rings. The van der Waals surface area contributed by atoms with Crippen molar-refractivity contribution in [2.75, 3.05) is 0 Å². The van der Waals surface area contributed by atoms with Crippen LogP contribution in [0.1, 0.15) is 36.3 Å². The summed E-state index contributed by atoms with van der Waals surface area (Å²) in [5, 5.41) is 10.8. The van der Waals surface area contributed by atoms with Gasteiger partial charge < -0.3 is 0 Å². The maximum Gasteiger partial charge on any atom is 0.231 e. The van der Waals surface area contributed by atoms with Crippen LogP contribution >= 0.6 is 0 Å². The molecule has 0 rings (SSSR count). The second-order valence-electron chi connectivity index (χ2n) is 1.95. The molecule has 0 radical (unpaired) electrons. The van der Waals surface area contributed by atoms with Gasteiger partial charge in [0.15, 0.2) is 0 Å². The molecule has 0 saturated carbocycles. The highest BCUT2D eigenvalue weighted by molar-refractivity contribution is 5.26. The molecule has 0 spiro atoms. The van der Waals surface area contributed by atoms with Gasteiger partial charge in [-0.25, -0.2) is 20.4 Å². The Kier molecular flexibility index (Phi) is 20.2. The van der Waals surface area contributed by atoms with Crippen molar-refractivity contribution < 1.29 is 12.3 Å². The first-order chi connectivity index (χ1) is 6.64. The summed E-state index contributed by atoms with van der Waals surface area (Å²) in [5.41, 5.74) is 0. The third-order valence-corrected chi connectivity index (χ3v) is 0.697. The minimum atomic E-state index is 0.500. The molecule has 1 unspecified atom stereocenters. The number of rotatable bonds is 2. The van der Waals surface area contributed by atoms with Crippen LogP contribution in [0.5, 0.6) is 0 Å². The number of isocyanates is 2. The van der Waals surface area contributed by atoms with Gasteiger partial charge >= 0.3 is 0 Å². The molecule has 1 atom stereocenters. The summed E-state index contributed by atoms with van der Waals surface area (Å²) < 4.78 is 13.7. The highest BCUT2D eigenvalue weighted by atomic mass is 16.1. The van der Waals surface area contributed by atoms with Gasteiger partial charge in [-0.1, -0.05) is 33.6 Å². The number of hydrogen-bond acceptors (Lipinski definition) is 4. The van der Waals surface area contributed by atoms with Crippen LogP contribution in [-0.4, -0.2) is 12.2 Å². The summed E-state index contributed by atoms with van der Waals surface area (Å²) in [5.74, 6) is 0.500. The molecule has 0 heterocycles. The zero-order chi connectivity index (χ0) is 11.8. The Morgan fingerprint density at radius 1 is 1.42 bits per heavy atom. The van der Waals surface area contributed by atoms with Crippen LogP contribution < -0.4 is 0 Å². The molecule has 0 amide bonds. The van der Waals surface area contributed by atoms with E-state index < -0.39 is 0 Å². The van der Waals surface area contributed by atoms with Gasteiger partial charge in [-0.15, -0.1) is 0 Å². The second kappa shape index (κ2) is 22.6. The van der Waals surface area contributed by atoms with Gasteiger partial charge in [0.05, 0.1) is 0 Å². The smallest absolute Gasteiger partial charge is 0.222 e. The van der Waals surface area contributed by atoms with Crippen LogP contribution in [0, 0.1) is 16.7 Å². The first-order valence-electron chi connectivity index (χ1n) is 4.72. The Morgan fingerprint density at radius 2 is 1.83 bits per heavy atom. The van der Waals surface area contributed by atoms with E-state index in [0.717, 1.165) is 25.0 Å². The summed E-state index contributed by atoms with van der Waals surface area (Å²) in [7, 11) is 0. The van der Waals surface area contributed by atoms with E-state index in [9.17, 15) is 0 Å². The van der Waals surface area contributed by atoms with Crippen LogP contribution in [0.3, 0.4) is 0 Å². The fourth-order valence-corrected chi connectivity index (χ4v) is 0.348. The lowest BCUT2D eigenvalue weighted by molar-refractivity contribution is 0.562. The van der Waals surface area contributed by atoms with Gasteiger partial charge in [0.1, 0.15) is 0 Å².